The van der Waals surface area contributed by atoms with Gasteiger partial charge in [0.2, 0.25) is 0 Å². The van der Waals surface area contributed by atoms with Gasteiger partial charge in [-0.25, -0.2) is 4.79 Å². The van der Waals surface area contributed by atoms with Gasteiger partial charge in [0.15, 0.2) is 0 Å². The Bertz CT molecular complexity index is 922. The number of hydrogen-bond acceptors (Lipinski definition) is 5. The van der Waals surface area contributed by atoms with Gasteiger partial charge in [-0.2, -0.15) is 0 Å². The summed E-state index contributed by atoms with van der Waals surface area (Å²) in [6, 6.07) is 0. The van der Waals surface area contributed by atoms with Crippen molar-refractivity contribution in [3.05, 3.63) is 11.6 Å². The van der Waals surface area contributed by atoms with Gasteiger partial charge < -0.3 is 19.3 Å². The van der Waals surface area contributed by atoms with Crippen LogP contribution < -0.4 is 0 Å². The third-order valence-electron chi connectivity index (χ3n) is 13.2. The lowest BCUT2D eigenvalue weighted by molar-refractivity contribution is -0.248. The minimum atomic E-state index is -0.571. The predicted molar refractivity (Wildman–Crippen MR) is 152 cm³/mol. The van der Waals surface area contributed by atoms with Crippen molar-refractivity contribution in [3.8, 4) is 0 Å². The van der Waals surface area contributed by atoms with Crippen LogP contribution >= 0.6 is 0 Å². The maximum absolute atomic E-state index is 12.0. The van der Waals surface area contributed by atoms with E-state index in [2.05, 4.69) is 61.5 Å². The maximum atomic E-state index is 12.0. The third kappa shape index (κ3) is 4.37. The summed E-state index contributed by atoms with van der Waals surface area (Å²) in [5.41, 5.74) is 1.33. The van der Waals surface area contributed by atoms with E-state index in [1.807, 2.05) is 7.11 Å². The van der Waals surface area contributed by atoms with E-state index < -0.39 is 6.16 Å². The Kier molecular flexibility index (Phi) is 7.94. The van der Waals surface area contributed by atoms with Crippen molar-refractivity contribution < 1.29 is 24.1 Å². The summed E-state index contributed by atoms with van der Waals surface area (Å²) >= 11 is 0. The standard InChI is InChI=1S/C33H56O5/c1-21(2)12-11-16-33(8,37-10)22-13-18-32(7)27(22)23(34)20-25-30(5)17-15-26(38-28(35)36-9)29(3,4)24(30)14-19-31(25,32)6/h12,22-27,34H,11,13-20H2,1-10H3/t22-,23+,24-,25+,26-,27-,30-,31+,32+,33+/m0/s1. The van der Waals surface area contributed by atoms with Crippen molar-refractivity contribution in [2.24, 2.45) is 45.3 Å². The fourth-order valence-corrected chi connectivity index (χ4v) is 10.9. The molecule has 218 valence electrons. The molecule has 1 N–H and O–H groups in total. The zero-order chi connectivity index (χ0) is 28.3. The van der Waals surface area contributed by atoms with Gasteiger partial charge in [0.25, 0.3) is 0 Å². The Labute approximate surface area is 232 Å². The second-order valence-electron chi connectivity index (χ2n) is 15.2. The predicted octanol–water partition coefficient (Wildman–Crippen LogP) is 7.95. The highest BCUT2D eigenvalue weighted by molar-refractivity contribution is 5.60. The third-order valence-corrected chi connectivity index (χ3v) is 13.2. The number of carbonyl (C=O) groups excluding carboxylic acids is 1. The second-order valence-corrected chi connectivity index (χ2v) is 15.2. The van der Waals surface area contributed by atoms with Crippen molar-refractivity contribution in [2.45, 2.75) is 131 Å². The van der Waals surface area contributed by atoms with Crippen LogP contribution in [0.25, 0.3) is 0 Å². The van der Waals surface area contributed by atoms with E-state index in [-0.39, 0.29) is 45.4 Å². The molecule has 10 atom stereocenters. The van der Waals surface area contributed by atoms with Crippen LogP contribution in [0.5, 0.6) is 0 Å². The van der Waals surface area contributed by atoms with E-state index in [4.69, 9.17) is 14.2 Å². The van der Waals surface area contributed by atoms with E-state index in [1.54, 1.807) is 0 Å². The number of rotatable bonds is 6. The van der Waals surface area contributed by atoms with E-state index >= 15 is 0 Å². The minimum absolute atomic E-state index is 0.0772. The van der Waals surface area contributed by atoms with Gasteiger partial charge in [-0.1, -0.05) is 46.3 Å². The van der Waals surface area contributed by atoms with Crippen LogP contribution in [-0.2, 0) is 14.2 Å². The molecule has 4 aliphatic carbocycles. The number of carbonyl (C=O) groups is 1. The molecule has 0 aromatic carbocycles. The van der Waals surface area contributed by atoms with Gasteiger partial charge in [0.1, 0.15) is 6.10 Å². The monoisotopic (exact) mass is 532 g/mol. The number of hydrogen-bond donors (Lipinski definition) is 1. The Morgan fingerprint density at radius 1 is 0.974 bits per heavy atom. The van der Waals surface area contributed by atoms with Crippen LogP contribution in [0.4, 0.5) is 4.79 Å². The summed E-state index contributed by atoms with van der Waals surface area (Å²) in [7, 11) is 3.26. The Morgan fingerprint density at radius 2 is 1.63 bits per heavy atom. The molecule has 0 radical (unpaired) electrons. The van der Waals surface area contributed by atoms with Gasteiger partial charge in [-0.15, -0.1) is 0 Å². The van der Waals surface area contributed by atoms with Crippen molar-refractivity contribution >= 4 is 6.16 Å². The largest absolute Gasteiger partial charge is 0.508 e. The van der Waals surface area contributed by atoms with Gasteiger partial charge in [-0.05, 0) is 118 Å². The normalized spacial score (nSPS) is 45.1. The van der Waals surface area contributed by atoms with E-state index in [0.29, 0.717) is 17.8 Å². The molecule has 0 heterocycles. The average molecular weight is 533 g/mol. The smallest absolute Gasteiger partial charge is 0.438 e. The molecule has 0 amide bonds. The lowest BCUT2D eigenvalue weighted by atomic mass is 9.35. The molecule has 0 spiro atoms. The quantitative estimate of drug-likeness (QED) is 0.278. The molecular formula is C33H56O5. The summed E-state index contributed by atoms with van der Waals surface area (Å²) in [5, 5.41) is 12.0. The summed E-state index contributed by atoms with van der Waals surface area (Å²) in [4.78, 5) is 12.0. The molecule has 0 bridgehead atoms. The number of aliphatic hydroxyl groups excluding tert-OH is 1. The molecule has 4 rings (SSSR count). The van der Waals surface area contributed by atoms with Gasteiger partial charge >= 0.3 is 6.16 Å². The molecule has 0 saturated heterocycles. The molecule has 4 saturated carbocycles. The molecule has 0 aliphatic heterocycles. The first-order valence-corrected chi connectivity index (χ1v) is 15.2. The SMILES string of the molecule is COC(=O)O[C@H]1CC[C@]2(C)[C@H]3C[C@@H](O)[C@@H]4[C@@H]([C@@](C)(CCC=C(C)C)OC)CC[C@@]4(C)[C@]3(C)CC[C@H]2C1(C)C. The maximum Gasteiger partial charge on any atom is 0.508 e. The topological polar surface area (TPSA) is 65.0 Å². The number of ether oxygens (including phenoxy) is 3. The summed E-state index contributed by atoms with van der Waals surface area (Å²) in [6.45, 7) is 18.8. The molecule has 5 nitrogen and oxygen atoms in total. The van der Waals surface area contributed by atoms with Gasteiger partial charge in [-0.3, -0.25) is 0 Å². The lowest BCUT2D eigenvalue weighted by Gasteiger charge is -2.70. The highest BCUT2D eigenvalue weighted by atomic mass is 16.7. The van der Waals surface area contributed by atoms with Gasteiger partial charge in [0.05, 0.1) is 18.8 Å². The van der Waals surface area contributed by atoms with Crippen LogP contribution in [0.2, 0.25) is 0 Å². The molecule has 4 fully saturated rings. The molecule has 0 aromatic heterocycles. The van der Waals surface area contributed by atoms with E-state index in [9.17, 15) is 9.90 Å². The molecule has 38 heavy (non-hydrogen) atoms. The van der Waals surface area contributed by atoms with Crippen molar-refractivity contribution in [1.82, 2.24) is 0 Å². The second kappa shape index (κ2) is 10.1. The average Bonchev–Trinajstić information content (AvgIpc) is 3.22. The summed E-state index contributed by atoms with van der Waals surface area (Å²) in [5.74, 6) is 1.51. The summed E-state index contributed by atoms with van der Waals surface area (Å²) in [6.07, 6.45) is 10.7. The number of aliphatic hydroxyl groups is 1. The minimum Gasteiger partial charge on any atom is -0.438 e. The molecular weight excluding hydrogens is 476 g/mol. The summed E-state index contributed by atoms with van der Waals surface area (Å²) < 4.78 is 17.0. The highest BCUT2D eigenvalue weighted by Gasteiger charge is 2.71. The number of fused-ring (bicyclic) bond motifs is 5. The van der Waals surface area contributed by atoms with Gasteiger partial charge in [0, 0.05) is 12.5 Å². The van der Waals surface area contributed by atoms with Crippen LogP contribution in [0.3, 0.4) is 0 Å². The first kappa shape index (κ1) is 29.9. The van der Waals surface area contributed by atoms with Crippen LogP contribution in [0.1, 0.15) is 113 Å². The van der Waals surface area contributed by atoms with Crippen molar-refractivity contribution in [3.63, 3.8) is 0 Å². The lowest BCUT2D eigenvalue weighted by Crippen LogP contribution is -2.66. The first-order chi connectivity index (χ1) is 17.6. The first-order valence-electron chi connectivity index (χ1n) is 15.2. The molecule has 0 unspecified atom stereocenters. The Hall–Kier alpha value is -1.07. The molecule has 4 aliphatic rings. The number of allylic oxidation sites excluding steroid dienone is 2. The van der Waals surface area contributed by atoms with Crippen molar-refractivity contribution in [1.29, 1.82) is 0 Å². The van der Waals surface area contributed by atoms with Crippen LogP contribution in [-0.4, -0.2) is 43.3 Å². The fourth-order valence-electron chi connectivity index (χ4n) is 10.9. The zero-order valence-corrected chi connectivity index (χ0v) is 26.0. The number of methoxy groups -OCH3 is 2. The fraction of sp³-hybridized carbons (Fsp3) is 0.909. The van der Waals surface area contributed by atoms with E-state index in [0.717, 1.165) is 51.4 Å². The van der Waals surface area contributed by atoms with Crippen LogP contribution in [0, 0.1) is 45.3 Å². The molecule has 0 aromatic rings. The van der Waals surface area contributed by atoms with Crippen molar-refractivity contribution in [2.75, 3.05) is 14.2 Å². The molecule has 5 heteroatoms. The Balaban J connectivity index is 1.64. The van der Waals surface area contributed by atoms with E-state index in [1.165, 1.54) is 19.1 Å². The van der Waals surface area contributed by atoms with Crippen LogP contribution in [0.15, 0.2) is 11.6 Å². The Morgan fingerprint density at radius 3 is 2.24 bits per heavy atom. The zero-order valence-electron chi connectivity index (χ0n) is 26.0. The highest BCUT2D eigenvalue weighted by Crippen LogP contribution is 2.76.